The topological polar surface area (TPSA) is 23.8 Å². The highest BCUT2D eigenvalue weighted by molar-refractivity contribution is 5.21. The zero-order valence-electron chi connectivity index (χ0n) is 16.6. The molecule has 2 fully saturated rings. The van der Waals surface area contributed by atoms with E-state index in [2.05, 4.69) is 0 Å². The number of allylic oxidation sites excluding steroid dienone is 4. The minimum absolute atomic E-state index is 0.143. The second kappa shape index (κ2) is 10.6. The lowest BCUT2D eigenvalue weighted by Gasteiger charge is -2.38. The largest absolute Gasteiger partial charge is 0.207 e. The zero-order valence-corrected chi connectivity index (χ0v) is 16.6. The lowest BCUT2D eigenvalue weighted by molar-refractivity contribution is 0.157. The van der Waals surface area contributed by atoms with E-state index in [4.69, 9.17) is 5.26 Å². The summed E-state index contributed by atoms with van der Waals surface area (Å²) in [6, 6.07) is 8.59. The molecule has 0 saturated heterocycles. The molecular formula is C25H31F2N. The Hall–Kier alpha value is -1.95. The molecule has 0 unspecified atom stereocenters. The van der Waals surface area contributed by atoms with E-state index in [1.54, 1.807) is 18.2 Å². The van der Waals surface area contributed by atoms with Gasteiger partial charge in [0.15, 0.2) is 5.83 Å². The maximum atomic E-state index is 13.1. The van der Waals surface area contributed by atoms with Crippen LogP contribution < -0.4 is 0 Å². The van der Waals surface area contributed by atoms with Gasteiger partial charge in [-0.3, -0.25) is 0 Å². The van der Waals surface area contributed by atoms with Crippen LogP contribution in [0.2, 0.25) is 0 Å². The molecule has 0 N–H and O–H groups in total. The molecule has 0 atom stereocenters. The predicted molar refractivity (Wildman–Crippen MR) is 110 cm³/mol. The van der Waals surface area contributed by atoms with Gasteiger partial charge in [0.1, 0.15) is 11.9 Å². The molecule has 1 aromatic carbocycles. The summed E-state index contributed by atoms with van der Waals surface area (Å²) in [5.41, 5.74) is 1.31. The smallest absolute Gasteiger partial charge is 0.199 e. The predicted octanol–water partition coefficient (Wildman–Crippen LogP) is 7.62. The number of halogens is 2. The Balaban J connectivity index is 1.35. The molecule has 0 spiro atoms. The van der Waals surface area contributed by atoms with Gasteiger partial charge in [0.25, 0.3) is 0 Å². The Morgan fingerprint density at radius 2 is 1.57 bits per heavy atom. The maximum Gasteiger partial charge on any atom is 0.199 e. The van der Waals surface area contributed by atoms with E-state index < -0.39 is 5.83 Å². The van der Waals surface area contributed by atoms with Crippen LogP contribution in [0.25, 0.3) is 0 Å². The van der Waals surface area contributed by atoms with Crippen LogP contribution >= 0.6 is 0 Å². The van der Waals surface area contributed by atoms with Crippen LogP contribution in [0.3, 0.4) is 0 Å². The highest BCUT2D eigenvalue weighted by Gasteiger charge is 2.31. The van der Waals surface area contributed by atoms with Gasteiger partial charge in [-0.15, -0.1) is 0 Å². The van der Waals surface area contributed by atoms with Crippen molar-refractivity contribution >= 4 is 0 Å². The van der Waals surface area contributed by atoms with Crippen molar-refractivity contribution < 1.29 is 8.78 Å². The zero-order chi connectivity index (χ0) is 19.8. The standard InChI is InChI=1S/C25H31F2N/c26-24-16-14-23(15-17-24)22-12-10-21(11-13-22)20-8-6-19(7-9-20)4-2-1-3-5-25(27)18-28/h1,3,5,14-17,19-22H,2,4,6-13H2/b3-1+,25-5-. The molecule has 0 amide bonds. The summed E-state index contributed by atoms with van der Waals surface area (Å²) in [6.45, 7) is 0. The molecule has 1 aromatic rings. The number of benzene rings is 1. The van der Waals surface area contributed by atoms with Crippen molar-refractivity contribution in [3.05, 3.63) is 59.7 Å². The monoisotopic (exact) mass is 383 g/mol. The van der Waals surface area contributed by atoms with Crippen LogP contribution in [-0.2, 0) is 0 Å². The van der Waals surface area contributed by atoms with Gasteiger partial charge in [0.05, 0.1) is 0 Å². The normalized spacial score (nSPS) is 29.0. The Morgan fingerprint density at radius 3 is 2.18 bits per heavy atom. The van der Waals surface area contributed by atoms with Crippen LogP contribution in [0.1, 0.15) is 75.7 Å². The molecule has 0 heterocycles. The minimum atomic E-state index is -0.731. The summed E-state index contributed by atoms with van der Waals surface area (Å²) in [4.78, 5) is 0. The summed E-state index contributed by atoms with van der Waals surface area (Å²) in [7, 11) is 0. The van der Waals surface area contributed by atoms with E-state index in [1.165, 1.54) is 75.5 Å². The third kappa shape index (κ3) is 6.03. The molecule has 2 aliphatic rings. The van der Waals surface area contributed by atoms with Gasteiger partial charge in [-0.1, -0.05) is 37.1 Å². The molecular weight excluding hydrogens is 352 g/mol. The average molecular weight is 384 g/mol. The maximum absolute atomic E-state index is 13.1. The van der Waals surface area contributed by atoms with Gasteiger partial charge >= 0.3 is 0 Å². The van der Waals surface area contributed by atoms with Crippen molar-refractivity contribution in [2.75, 3.05) is 0 Å². The van der Waals surface area contributed by atoms with Gasteiger partial charge < -0.3 is 0 Å². The summed E-state index contributed by atoms with van der Waals surface area (Å²) >= 11 is 0. The van der Waals surface area contributed by atoms with E-state index in [0.29, 0.717) is 5.92 Å². The summed E-state index contributed by atoms with van der Waals surface area (Å²) in [5, 5.41) is 8.37. The number of nitrogens with zero attached hydrogens (tertiary/aromatic N) is 1. The Morgan fingerprint density at radius 1 is 0.964 bits per heavy atom. The molecule has 150 valence electrons. The summed E-state index contributed by atoms with van der Waals surface area (Å²) in [5.74, 6) is 2.28. The first kappa shape index (κ1) is 20.8. The molecule has 0 aliphatic heterocycles. The first-order valence-corrected chi connectivity index (χ1v) is 10.8. The van der Waals surface area contributed by atoms with Crippen molar-refractivity contribution in [2.24, 2.45) is 17.8 Å². The minimum Gasteiger partial charge on any atom is -0.207 e. The van der Waals surface area contributed by atoms with Crippen molar-refractivity contribution in [1.82, 2.24) is 0 Å². The molecule has 0 radical (unpaired) electrons. The van der Waals surface area contributed by atoms with E-state index in [-0.39, 0.29) is 5.82 Å². The Labute approximate surface area is 168 Å². The molecule has 0 aromatic heterocycles. The highest BCUT2D eigenvalue weighted by atomic mass is 19.1. The first-order chi connectivity index (χ1) is 13.7. The lowest BCUT2D eigenvalue weighted by atomic mass is 9.68. The SMILES string of the molecule is N#C/C(F)=C/C=C/CCC1CCC(C2CCC(c3ccc(F)cc3)CC2)CC1. The summed E-state index contributed by atoms with van der Waals surface area (Å²) in [6.07, 6.45) is 17.5. The van der Waals surface area contributed by atoms with Crippen molar-refractivity contribution in [1.29, 1.82) is 5.26 Å². The van der Waals surface area contributed by atoms with E-state index in [1.807, 2.05) is 18.2 Å². The fraction of sp³-hybridized carbons (Fsp3) is 0.560. The Kier molecular flexibility index (Phi) is 7.83. The van der Waals surface area contributed by atoms with Crippen LogP contribution in [0.5, 0.6) is 0 Å². The van der Waals surface area contributed by atoms with Crippen molar-refractivity contribution in [2.45, 2.75) is 70.1 Å². The van der Waals surface area contributed by atoms with Crippen LogP contribution in [0, 0.1) is 34.9 Å². The van der Waals surface area contributed by atoms with Gasteiger partial charge in [-0.2, -0.15) is 9.65 Å². The van der Waals surface area contributed by atoms with Gasteiger partial charge in [0.2, 0.25) is 0 Å². The van der Waals surface area contributed by atoms with E-state index in [0.717, 1.165) is 24.2 Å². The third-order valence-corrected chi connectivity index (χ3v) is 6.90. The van der Waals surface area contributed by atoms with Gasteiger partial charge in [-0.05, 0) is 98.8 Å². The van der Waals surface area contributed by atoms with Gasteiger partial charge in [0, 0.05) is 0 Å². The molecule has 3 rings (SSSR count). The molecule has 28 heavy (non-hydrogen) atoms. The molecule has 2 aliphatic carbocycles. The van der Waals surface area contributed by atoms with Crippen molar-refractivity contribution in [3.8, 4) is 6.07 Å². The van der Waals surface area contributed by atoms with Gasteiger partial charge in [-0.25, -0.2) is 4.39 Å². The second-order valence-electron chi connectivity index (χ2n) is 8.58. The fourth-order valence-electron chi connectivity index (χ4n) is 5.23. The molecule has 1 nitrogen and oxygen atoms in total. The van der Waals surface area contributed by atoms with Crippen LogP contribution in [0.15, 0.2) is 48.3 Å². The molecule has 2 saturated carbocycles. The van der Waals surface area contributed by atoms with E-state index >= 15 is 0 Å². The number of hydrogen-bond acceptors (Lipinski definition) is 1. The fourth-order valence-corrected chi connectivity index (χ4v) is 5.23. The van der Waals surface area contributed by atoms with Crippen LogP contribution in [0.4, 0.5) is 8.78 Å². The van der Waals surface area contributed by atoms with E-state index in [9.17, 15) is 8.78 Å². The van der Waals surface area contributed by atoms with Crippen LogP contribution in [-0.4, -0.2) is 0 Å². The average Bonchev–Trinajstić information content (AvgIpc) is 2.74. The number of nitriles is 1. The second-order valence-corrected chi connectivity index (χ2v) is 8.58. The molecule has 0 bridgehead atoms. The number of hydrogen-bond donors (Lipinski definition) is 0. The van der Waals surface area contributed by atoms with Crippen molar-refractivity contribution in [3.63, 3.8) is 0 Å². The third-order valence-electron chi connectivity index (χ3n) is 6.90. The lowest BCUT2D eigenvalue weighted by Crippen LogP contribution is -2.25. The first-order valence-electron chi connectivity index (χ1n) is 10.8. The quantitative estimate of drug-likeness (QED) is 0.366. The highest BCUT2D eigenvalue weighted by Crippen LogP contribution is 2.44. The Bertz CT molecular complexity index is 697. The summed E-state index contributed by atoms with van der Waals surface area (Å²) < 4.78 is 25.8. The molecule has 3 heteroatoms. The number of rotatable bonds is 6.